The molecule has 0 saturated carbocycles. The van der Waals surface area contributed by atoms with Crippen molar-refractivity contribution in [2.75, 3.05) is 26.2 Å². The molecule has 0 amide bonds. The van der Waals surface area contributed by atoms with Gasteiger partial charge in [0.25, 0.3) is 0 Å². The van der Waals surface area contributed by atoms with Gasteiger partial charge in [0, 0.05) is 37.8 Å². The molecule has 1 heterocycles. The molecule has 0 bridgehead atoms. The van der Waals surface area contributed by atoms with Crippen molar-refractivity contribution >= 4 is 24.8 Å². The van der Waals surface area contributed by atoms with Crippen molar-refractivity contribution in [1.29, 1.82) is 0 Å². The minimum Gasteiger partial charge on any atom is -0.505 e. The highest BCUT2D eigenvalue weighted by atomic mass is 35.5. The standard InChI is InChI=1S/C16H25FN2O.2ClH/c1-11(2)10-14(19-8-6-18-7-9-19)13-5-4-12(3)15(17)16(13)20;;/h4-5,11,14,18,20H,6-10H2,1-3H3;2*1H/t14-;;/m1../s1. The van der Waals surface area contributed by atoms with Gasteiger partial charge in [-0.1, -0.05) is 26.0 Å². The molecular formula is C16H27Cl2FN2O. The summed E-state index contributed by atoms with van der Waals surface area (Å²) in [6.45, 7) is 9.78. The molecule has 1 atom stereocenters. The molecule has 1 aliphatic rings. The minimum atomic E-state index is -0.480. The zero-order valence-electron chi connectivity index (χ0n) is 13.4. The van der Waals surface area contributed by atoms with Crippen molar-refractivity contribution in [3.63, 3.8) is 0 Å². The second kappa shape index (κ2) is 9.56. The van der Waals surface area contributed by atoms with E-state index in [0.29, 0.717) is 11.5 Å². The van der Waals surface area contributed by atoms with E-state index in [2.05, 4.69) is 24.1 Å². The maximum Gasteiger partial charge on any atom is 0.168 e. The molecular weight excluding hydrogens is 326 g/mol. The van der Waals surface area contributed by atoms with Gasteiger partial charge in [0.1, 0.15) is 0 Å². The monoisotopic (exact) mass is 352 g/mol. The van der Waals surface area contributed by atoms with Gasteiger partial charge < -0.3 is 10.4 Å². The van der Waals surface area contributed by atoms with Gasteiger partial charge in [0.2, 0.25) is 0 Å². The first-order chi connectivity index (χ1) is 9.50. The molecule has 6 heteroatoms. The van der Waals surface area contributed by atoms with Crippen LogP contribution in [0, 0.1) is 18.7 Å². The highest BCUT2D eigenvalue weighted by molar-refractivity contribution is 5.85. The van der Waals surface area contributed by atoms with Gasteiger partial charge in [-0.2, -0.15) is 0 Å². The van der Waals surface area contributed by atoms with Gasteiger partial charge in [-0.25, -0.2) is 4.39 Å². The fourth-order valence-electron chi connectivity index (χ4n) is 2.86. The second-order valence-corrected chi connectivity index (χ2v) is 6.07. The maximum atomic E-state index is 14.0. The van der Waals surface area contributed by atoms with E-state index in [-0.39, 0.29) is 36.6 Å². The third-order valence-electron chi connectivity index (χ3n) is 3.99. The summed E-state index contributed by atoms with van der Waals surface area (Å²) in [7, 11) is 0. The summed E-state index contributed by atoms with van der Waals surface area (Å²) in [5, 5.41) is 13.5. The van der Waals surface area contributed by atoms with Crippen LogP contribution in [0.2, 0.25) is 0 Å². The lowest BCUT2D eigenvalue weighted by Gasteiger charge is -2.36. The van der Waals surface area contributed by atoms with Crippen molar-refractivity contribution in [2.24, 2.45) is 5.92 Å². The quantitative estimate of drug-likeness (QED) is 0.867. The lowest BCUT2D eigenvalue weighted by atomic mass is 9.93. The Morgan fingerprint density at radius 3 is 2.36 bits per heavy atom. The number of benzene rings is 1. The van der Waals surface area contributed by atoms with Crippen molar-refractivity contribution < 1.29 is 9.50 Å². The smallest absolute Gasteiger partial charge is 0.168 e. The van der Waals surface area contributed by atoms with Crippen LogP contribution in [0.15, 0.2) is 12.1 Å². The lowest BCUT2D eigenvalue weighted by Crippen LogP contribution is -2.45. The summed E-state index contributed by atoms with van der Waals surface area (Å²) in [6.07, 6.45) is 0.927. The van der Waals surface area contributed by atoms with E-state index in [4.69, 9.17) is 0 Å². The third-order valence-corrected chi connectivity index (χ3v) is 3.99. The van der Waals surface area contributed by atoms with E-state index in [1.165, 1.54) is 0 Å². The Balaban J connectivity index is 0.00000220. The highest BCUT2D eigenvalue weighted by Gasteiger charge is 2.26. The average molecular weight is 353 g/mol. The first-order valence-electron chi connectivity index (χ1n) is 7.43. The normalized spacial score (nSPS) is 16.8. The SMILES string of the molecule is Cc1ccc([C@@H](CC(C)C)N2CCNCC2)c(O)c1F.Cl.Cl. The van der Waals surface area contributed by atoms with Gasteiger partial charge >= 0.3 is 0 Å². The summed E-state index contributed by atoms with van der Waals surface area (Å²) in [4.78, 5) is 2.35. The van der Waals surface area contributed by atoms with E-state index in [0.717, 1.165) is 38.2 Å². The molecule has 2 N–H and O–H groups in total. The van der Waals surface area contributed by atoms with Crippen molar-refractivity contribution in [3.05, 3.63) is 29.1 Å². The number of halogens is 3. The molecule has 0 unspecified atom stereocenters. The fourth-order valence-corrected chi connectivity index (χ4v) is 2.86. The van der Waals surface area contributed by atoms with Gasteiger partial charge in [0.15, 0.2) is 11.6 Å². The minimum absolute atomic E-state index is 0. The third kappa shape index (κ3) is 4.98. The van der Waals surface area contributed by atoms with Gasteiger partial charge in [-0.15, -0.1) is 24.8 Å². The van der Waals surface area contributed by atoms with Crippen LogP contribution in [0.4, 0.5) is 4.39 Å². The predicted octanol–water partition coefficient (Wildman–Crippen LogP) is 3.68. The first-order valence-corrected chi connectivity index (χ1v) is 7.43. The van der Waals surface area contributed by atoms with Crippen LogP contribution >= 0.6 is 24.8 Å². The van der Waals surface area contributed by atoms with Crippen LogP contribution in [0.3, 0.4) is 0 Å². The summed E-state index contributed by atoms with van der Waals surface area (Å²) < 4.78 is 14.0. The molecule has 0 aromatic heterocycles. The Hall–Kier alpha value is -0.550. The topological polar surface area (TPSA) is 35.5 Å². The molecule has 0 radical (unpaired) electrons. The number of hydrogen-bond donors (Lipinski definition) is 2. The Kier molecular flexibility index (Phi) is 9.32. The predicted molar refractivity (Wildman–Crippen MR) is 93.9 cm³/mol. The van der Waals surface area contributed by atoms with Crippen LogP contribution in [0.25, 0.3) is 0 Å². The number of hydrogen-bond acceptors (Lipinski definition) is 3. The Bertz CT molecular complexity index is 466. The molecule has 1 aromatic rings. The van der Waals surface area contributed by atoms with Crippen molar-refractivity contribution in [1.82, 2.24) is 10.2 Å². The van der Waals surface area contributed by atoms with Crippen LogP contribution in [-0.2, 0) is 0 Å². The van der Waals surface area contributed by atoms with E-state index in [1.807, 2.05) is 6.07 Å². The number of phenols is 1. The zero-order valence-corrected chi connectivity index (χ0v) is 15.1. The van der Waals surface area contributed by atoms with Crippen LogP contribution in [0.1, 0.15) is 37.4 Å². The number of rotatable bonds is 4. The molecule has 1 fully saturated rings. The van der Waals surface area contributed by atoms with E-state index in [9.17, 15) is 9.50 Å². The number of aromatic hydroxyl groups is 1. The zero-order chi connectivity index (χ0) is 14.7. The lowest BCUT2D eigenvalue weighted by molar-refractivity contribution is 0.151. The average Bonchev–Trinajstić information content (AvgIpc) is 2.44. The molecule has 3 nitrogen and oxygen atoms in total. The number of nitrogens with zero attached hydrogens (tertiary/aromatic N) is 1. The molecule has 2 rings (SSSR count). The summed E-state index contributed by atoms with van der Waals surface area (Å²) in [5.41, 5.74) is 1.22. The number of nitrogens with one attached hydrogen (secondary N) is 1. The molecule has 22 heavy (non-hydrogen) atoms. The first kappa shape index (κ1) is 21.4. The Morgan fingerprint density at radius 1 is 1.23 bits per heavy atom. The molecule has 1 aromatic carbocycles. The van der Waals surface area contributed by atoms with Gasteiger partial charge in [-0.05, 0) is 24.8 Å². The molecule has 1 saturated heterocycles. The van der Waals surface area contributed by atoms with Crippen LogP contribution in [-0.4, -0.2) is 36.2 Å². The van der Waals surface area contributed by atoms with Crippen LogP contribution < -0.4 is 5.32 Å². The van der Waals surface area contributed by atoms with Crippen LogP contribution in [0.5, 0.6) is 5.75 Å². The molecule has 128 valence electrons. The van der Waals surface area contributed by atoms with E-state index in [1.54, 1.807) is 13.0 Å². The Morgan fingerprint density at radius 2 is 1.82 bits per heavy atom. The van der Waals surface area contributed by atoms with Crippen molar-refractivity contribution in [2.45, 2.75) is 33.2 Å². The molecule has 0 aliphatic carbocycles. The number of phenolic OH excluding ortho intramolecular Hbond substituents is 1. The van der Waals surface area contributed by atoms with Crippen molar-refractivity contribution in [3.8, 4) is 5.75 Å². The molecule has 1 aliphatic heterocycles. The van der Waals surface area contributed by atoms with E-state index >= 15 is 0 Å². The fraction of sp³-hybridized carbons (Fsp3) is 0.625. The number of aryl methyl sites for hydroxylation is 1. The second-order valence-electron chi connectivity index (χ2n) is 6.07. The summed E-state index contributed by atoms with van der Waals surface area (Å²) in [5.74, 6) is -0.153. The molecule has 0 spiro atoms. The highest BCUT2D eigenvalue weighted by Crippen LogP contribution is 2.36. The van der Waals surface area contributed by atoms with Gasteiger partial charge in [0.05, 0.1) is 0 Å². The number of piperazine rings is 1. The Labute approximate surface area is 145 Å². The summed E-state index contributed by atoms with van der Waals surface area (Å²) >= 11 is 0. The van der Waals surface area contributed by atoms with Gasteiger partial charge in [-0.3, -0.25) is 4.90 Å². The summed E-state index contributed by atoms with van der Waals surface area (Å²) in [6, 6.07) is 3.73. The maximum absolute atomic E-state index is 14.0. The van der Waals surface area contributed by atoms with E-state index < -0.39 is 5.82 Å². The largest absolute Gasteiger partial charge is 0.505 e.